The zero-order valence-corrected chi connectivity index (χ0v) is 16.7. The highest BCUT2D eigenvalue weighted by molar-refractivity contribution is 7.99. The number of hydrogen-bond donors (Lipinski definition) is 0. The fraction of sp³-hybridized carbons (Fsp3) is 0.381. The average Bonchev–Trinajstić information content (AvgIpc) is 2.87. The number of nitriles is 1. The monoisotopic (exact) mass is 395 g/mol. The van der Waals surface area contributed by atoms with Crippen molar-refractivity contribution in [2.24, 2.45) is 0 Å². The van der Waals surface area contributed by atoms with Crippen LogP contribution in [0.15, 0.2) is 40.3 Å². The van der Waals surface area contributed by atoms with Crippen LogP contribution in [0.4, 0.5) is 0 Å². The Morgan fingerprint density at radius 3 is 2.81 bits per heavy atom. The van der Waals surface area contributed by atoms with Gasteiger partial charge in [0.05, 0.1) is 17.1 Å². The summed E-state index contributed by atoms with van der Waals surface area (Å²) < 4.78 is 1.76. The van der Waals surface area contributed by atoms with Crippen molar-refractivity contribution in [1.82, 2.24) is 9.55 Å². The van der Waals surface area contributed by atoms with Gasteiger partial charge in [-0.1, -0.05) is 36.4 Å². The van der Waals surface area contributed by atoms with Gasteiger partial charge in [0.2, 0.25) is 0 Å². The van der Waals surface area contributed by atoms with E-state index in [4.69, 9.17) is 10.2 Å². The molecule has 0 N–H and O–H groups in total. The summed E-state index contributed by atoms with van der Waals surface area (Å²) in [5, 5.41) is 10.3. The van der Waals surface area contributed by atoms with Crippen LogP contribution in [0.2, 0.25) is 0 Å². The number of para-hydroxylation sites is 1. The first kappa shape index (κ1) is 18.3. The molecule has 0 radical (unpaired) electrons. The van der Waals surface area contributed by atoms with Gasteiger partial charge in [-0.25, -0.2) is 4.98 Å². The van der Waals surface area contributed by atoms with Gasteiger partial charge in [-0.05, 0) is 49.8 Å². The predicted molar refractivity (Wildman–Crippen MR) is 112 cm³/mol. The van der Waals surface area contributed by atoms with Crippen molar-refractivity contribution in [2.45, 2.75) is 50.1 Å². The number of unbranched alkanes of at least 4 members (excludes halogenated alkanes) is 1. The lowest BCUT2D eigenvalue weighted by Gasteiger charge is -2.12. The largest absolute Gasteiger partial charge is 0.268 e. The van der Waals surface area contributed by atoms with E-state index in [2.05, 4.69) is 6.07 Å². The second-order valence-corrected chi connectivity index (χ2v) is 8.87. The third-order valence-corrected chi connectivity index (χ3v) is 7.10. The predicted octanol–water partition coefficient (Wildman–Crippen LogP) is 5.11. The number of rotatable bonds is 5. The van der Waals surface area contributed by atoms with Gasteiger partial charge in [0, 0.05) is 17.1 Å². The minimum Gasteiger partial charge on any atom is -0.268 e. The highest BCUT2D eigenvalue weighted by Gasteiger charge is 2.22. The van der Waals surface area contributed by atoms with Crippen LogP contribution in [0.5, 0.6) is 0 Å². The molecular formula is C21H21N3OS2. The Labute approximate surface area is 166 Å². The van der Waals surface area contributed by atoms with Crippen molar-refractivity contribution in [3.05, 3.63) is 51.1 Å². The summed E-state index contributed by atoms with van der Waals surface area (Å²) in [6, 6.07) is 11.9. The molecule has 0 fully saturated rings. The SMILES string of the molecule is N#CCCCSc1nc2sc3c(c2c(=O)n1-c1ccccc1)CCCCC3. The zero-order valence-electron chi connectivity index (χ0n) is 15.1. The second kappa shape index (κ2) is 8.28. The molecule has 1 aromatic carbocycles. The first-order valence-corrected chi connectivity index (χ1v) is 11.2. The van der Waals surface area contributed by atoms with Gasteiger partial charge in [-0.2, -0.15) is 5.26 Å². The van der Waals surface area contributed by atoms with Crippen molar-refractivity contribution < 1.29 is 0 Å². The molecule has 0 atom stereocenters. The number of fused-ring (bicyclic) bond motifs is 3. The van der Waals surface area contributed by atoms with Crippen molar-refractivity contribution in [2.75, 3.05) is 5.75 Å². The molecular weight excluding hydrogens is 374 g/mol. The molecule has 27 heavy (non-hydrogen) atoms. The van der Waals surface area contributed by atoms with Gasteiger partial charge in [-0.3, -0.25) is 9.36 Å². The first-order valence-electron chi connectivity index (χ1n) is 9.42. The molecule has 2 aromatic heterocycles. The summed E-state index contributed by atoms with van der Waals surface area (Å²) in [5.74, 6) is 0.781. The summed E-state index contributed by atoms with van der Waals surface area (Å²) in [5.41, 5.74) is 2.14. The fourth-order valence-electron chi connectivity index (χ4n) is 3.58. The molecule has 0 spiro atoms. The Morgan fingerprint density at radius 2 is 2.00 bits per heavy atom. The van der Waals surface area contributed by atoms with E-state index in [-0.39, 0.29) is 5.56 Å². The van der Waals surface area contributed by atoms with E-state index >= 15 is 0 Å². The topological polar surface area (TPSA) is 58.7 Å². The molecule has 0 bridgehead atoms. The molecule has 4 nitrogen and oxygen atoms in total. The Morgan fingerprint density at radius 1 is 1.19 bits per heavy atom. The summed E-state index contributed by atoms with van der Waals surface area (Å²) in [6.07, 6.45) is 6.94. The van der Waals surface area contributed by atoms with Crippen LogP contribution in [0.1, 0.15) is 42.5 Å². The lowest BCUT2D eigenvalue weighted by Crippen LogP contribution is -2.22. The lowest BCUT2D eigenvalue weighted by atomic mass is 10.1. The minimum atomic E-state index is 0.0494. The molecule has 2 heterocycles. The van der Waals surface area contributed by atoms with Crippen molar-refractivity contribution in [3.8, 4) is 11.8 Å². The number of benzene rings is 1. The second-order valence-electron chi connectivity index (χ2n) is 6.73. The molecule has 138 valence electrons. The van der Waals surface area contributed by atoms with Gasteiger partial charge in [0.15, 0.2) is 5.16 Å². The molecule has 6 heteroatoms. The minimum absolute atomic E-state index is 0.0494. The smallest absolute Gasteiger partial charge is 0.267 e. The van der Waals surface area contributed by atoms with Crippen LogP contribution < -0.4 is 5.56 Å². The van der Waals surface area contributed by atoms with E-state index in [1.54, 1.807) is 27.7 Å². The van der Waals surface area contributed by atoms with E-state index in [0.29, 0.717) is 6.42 Å². The van der Waals surface area contributed by atoms with E-state index in [1.807, 2.05) is 30.3 Å². The third-order valence-electron chi connectivity index (χ3n) is 4.89. The molecule has 3 aromatic rings. The van der Waals surface area contributed by atoms with Gasteiger partial charge in [0.1, 0.15) is 4.83 Å². The van der Waals surface area contributed by atoms with Crippen LogP contribution in [0, 0.1) is 11.3 Å². The highest BCUT2D eigenvalue weighted by atomic mass is 32.2. The van der Waals surface area contributed by atoms with Crippen molar-refractivity contribution in [3.63, 3.8) is 0 Å². The Bertz CT molecular complexity index is 1050. The number of nitrogens with zero attached hydrogens (tertiary/aromatic N) is 3. The maximum Gasteiger partial charge on any atom is 0.267 e. The molecule has 0 saturated heterocycles. The number of aryl methyl sites for hydroxylation is 2. The van der Waals surface area contributed by atoms with Crippen LogP contribution in [0.3, 0.4) is 0 Å². The van der Waals surface area contributed by atoms with Gasteiger partial charge in [0.25, 0.3) is 5.56 Å². The summed E-state index contributed by atoms with van der Waals surface area (Å²) in [6.45, 7) is 0. The van der Waals surface area contributed by atoms with Crippen molar-refractivity contribution >= 4 is 33.3 Å². The lowest BCUT2D eigenvalue weighted by molar-refractivity contribution is 0.713. The van der Waals surface area contributed by atoms with Crippen LogP contribution in [-0.2, 0) is 12.8 Å². The standard InChI is InChI=1S/C21H21N3OS2/c22-13-7-8-14-26-21-23-19-18(16-11-5-2-6-12-17(16)27-19)20(25)24(21)15-9-3-1-4-10-15/h1,3-4,9-10H,2,5-8,11-12,14H2. The molecule has 0 unspecified atom stereocenters. The Kier molecular flexibility index (Phi) is 5.61. The molecule has 0 amide bonds. The molecule has 0 saturated carbocycles. The van der Waals surface area contributed by atoms with Crippen LogP contribution in [0.25, 0.3) is 15.9 Å². The van der Waals surface area contributed by atoms with Crippen LogP contribution >= 0.6 is 23.1 Å². The molecule has 1 aliphatic carbocycles. The van der Waals surface area contributed by atoms with E-state index in [1.165, 1.54) is 23.3 Å². The number of aromatic nitrogens is 2. The van der Waals surface area contributed by atoms with E-state index < -0.39 is 0 Å². The summed E-state index contributed by atoms with van der Waals surface area (Å²) in [7, 11) is 0. The first-order chi connectivity index (χ1) is 13.3. The van der Waals surface area contributed by atoms with E-state index in [9.17, 15) is 4.79 Å². The maximum absolute atomic E-state index is 13.5. The normalized spacial score (nSPS) is 13.9. The molecule has 0 aliphatic heterocycles. The van der Waals surface area contributed by atoms with Gasteiger partial charge >= 0.3 is 0 Å². The number of thiophene rings is 1. The van der Waals surface area contributed by atoms with Crippen molar-refractivity contribution in [1.29, 1.82) is 5.26 Å². The summed E-state index contributed by atoms with van der Waals surface area (Å²) >= 11 is 3.27. The van der Waals surface area contributed by atoms with Crippen LogP contribution in [-0.4, -0.2) is 15.3 Å². The van der Waals surface area contributed by atoms with Gasteiger partial charge in [-0.15, -0.1) is 11.3 Å². The van der Waals surface area contributed by atoms with E-state index in [0.717, 1.165) is 52.5 Å². The molecule has 4 rings (SSSR count). The fourth-order valence-corrected chi connectivity index (χ4v) is 5.83. The Hall–Kier alpha value is -2.10. The zero-order chi connectivity index (χ0) is 18.6. The summed E-state index contributed by atoms with van der Waals surface area (Å²) in [4.78, 5) is 20.7. The van der Waals surface area contributed by atoms with Gasteiger partial charge < -0.3 is 0 Å². The maximum atomic E-state index is 13.5. The Balaban J connectivity index is 1.87. The number of hydrogen-bond acceptors (Lipinski definition) is 5. The third kappa shape index (κ3) is 3.67. The molecule has 1 aliphatic rings. The highest BCUT2D eigenvalue weighted by Crippen LogP contribution is 2.34. The number of thioether (sulfide) groups is 1. The average molecular weight is 396 g/mol. The quantitative estimate of drug-likeness (QED) is 0.261.